The molecule has 0 aliphatic carbocycles. The van der Waals surface area contributed by atoms with Crippen LogP contribution in [0.3, 0.4) is 0 Å². The summed E-state index contributed by atoms with van der Waals surface area (Å²) < 4.78 is 5.59. The van der Waals surface area contributed by atoms with Crippen molar-refractivity contribution < 1.29 is 9.84 Å². The van der Waals surface area contributed by atoms with Gasteiger partial charge in [-0.2, -0.15) is 0 Å². The van der Waals surface area contributed by atoms with E-state index < -0.39 is 6.10 Å². The molecule has 4 nitrogen and oxygen atoms in total. The number of hydrogen-bond acceptors (Lipinski definition) is 4. The van der Waals surface area contributed by atoms with Crippen molar-refractivity contribution in [2.24, 2.45) is 0 Å². The van der Waals surface area contributed by atoms with Crippen molar-refractivity contribution in [3.8, 4) is 5.75 Å². The maximum Gasteiger partial charge on any atom is 0.119 e. The van der Waals surface area contributed by atoms with Gasteiger partial charge in [-0.3, -0.25) is 4.90 Å². The molecular formula is C21H26Cl2N2O2. The monoisotopic (exact) mass is 408 g/mol. The Bertz CT molecular complexity index is 686. The van der Waals surface area contributed by atoms with Gasteiger partial charge in [0.05, 0.1) is 0 Å². The fraction of sp³-hybridized carbons (Fsp3) is 0.429. The van der Waals surface area contributed by atoms with E-state index in [0.717, 1.165) is 37.5 Å². The highest BCUT2D eigenvalue weighted by molar-refractivity contribution is 6.30. The van der Waals surface area contributed by atoms with Crippen molar-refractivity contribution in [1.82, 2.24) is 10.2 Å². The molecule has 0 saturated carbocycles. The minimum atomic E-state index is -0.534. The predicted octanol–water partition coefficient (Wildman–Crippen LogP) is 3.99. The van der Waals surface area contributed by atoms with Crippen LogP contribution in [0.25, 0.3) is 0 Å². The van der Waals surface area contributed by atoms with Crippen LogP contribution in [-0.2, 0) is 6.54 Å². The van der Waals surface area contributed by atoms with E-state index in [-0.39, 0.29) is 6.61 Å². The van der Waals surface area contributed by atoms with E-state index in [9.17, 15) is 5.11 Å². The van der Waals surface area contributed by atoms with Crippen molar-refractivity contribution in [3.05, 3.63) is 64.1 Å². The molecule has 146 valence electrons. The van der Waals surface area contributed by atoms with E-state index in [1.54, 1.807) is 24.3 Å². The average Bonchev–Trinajstić information content (AvgIpc) is 2.69. The quantitative estimate of drug-likeness (QED) is 0.692. The minimum Gasteiger partial charge on any atom is -0.491 e. The molecule has 1 aliphatic heterocycles. The third-order valence-corrected chi connectivity index (χ3v) is 5.31. The van der Waals surface area contributed by atoms with Gasteiger partial charge in [0.25, 0.3) is 0 Å². The van der Waals surface area contributed by atoms with Gasteiger partial charge in [0.2, 0.25) is 0 Å². The van der Waals surface area contributed by atoms with Crippen LogP contribution >= 0.6 is 23.2 Å². The lowest BCUT2D eigenvalue weighted by molar-refractivity contribution is 0.0979. The Morgan fingerprint density at radius 3 is 2.22 bits per heavy atom. The Morgan fingerprint density at radius 1 is 1.00 bits per heavy atom. The van der Waals surface area contributed by atoms with Gasteiger partial charge in [-0.25, -0.2) is 0 Å². The van der Waals surface area contributed by atoms with Gasteiger partial charge in [-0.15, -0.1) is 0 Å². The Kier molecular flexibility index (Phi) is 7.80. The van der Waals surface area contributed by atoms with Crippen molar-refractivity contribution in [1.29, 1.82) is 0 Å². The summed E-state index contributed by atoms with van der Waals surface area (Å²) in [6.45, 7) is 3.87. The summed E-state index contributed by atoms with van der Waals surface area (Å²) in [5.74, 6) is 0.717. The average molecular weight is 409 g/mol. The second kappa shape index (κ2) is 10.3. The molecule has 1 heterocycles. The molecule has 0 bridgehead atoms. The summed E-state index contributed by atoms with van der Waals surface area (Å²) in [7, 11) is 0. The fourth-order valence-electron chi connectivity index (χ4n) is 3.23. The van der Waals surface area contributed by atoms with Gasteiger partial charge >= 0.3 is 0 Å². The lowest BCUT2D eigenvalue weighted by atomic mass is 10.0. The molecule has 6 heteroatoms. The number of benzene rings is 2. The molecule has 1 atom stereocenters. The number of hydrogen-bond donors (Lipinski definition) is 2. The lowest BCUT2D eigenvalue weighted by Gasteiger charge is -2.33. The maximum absolute atomic E-state index is 10.1. The van der Waals surface area contributed by atoms with Gasteiger partial charge in [0.15, 0.2) is 0 Å². The van der Waals surface area contributed by atoms with E-state index in [0.29, 0.717) is 23.4 Å². The standard InChI is InChI=1S/C21H26Cl2N2O2/c22-17-3-1-16(2-4-17)14-25-11-9-19(10-12-25)24-13-20(26)15-27-21-7-5-18(23)6-8-21/h1-8,19-20,24,26H,9-15H2/t20-/m1/s1. The van der Waals surface area contributed by atoms with Gasteiger partial charge in [0, 0.05) is 29.2 Å². The molecule has 2 N–H and O–H groups in total. The van der Waals surface area contributed by atoms with Crippen LogP contribution in [0, 0.1) is 0 Å². The molecule has 2 aromatic carbocycles. The highest BCUT2D eigenvalue weighted by Crippen LogP contribution is 2.17. The largest absolute Gasteiger partial charge is 0.491 e. The first kappa shape index (κ1) is 20.4. The maximum atomic E-state index is 10.1. The number of aliphatic hydroxyl groups excluding tert-OH is 1. The number of ether oxygens (including phenoxy) is 1. The van der Waals surface area contributed by atoms with Crippen LogP contribution in [0.4, 0.5) is 0 Å². The van der Waals surface area contributed by atoms with Crippen molar-refractivity contribution in [2.45, 2.75) is 31.5 Å². The zero-order chi connectivity index (χ0) is 19.1. The Morgan fingerprint density at radius 2 is 1.59 bits per heavy atom. The molecule has 27 heavy (non-hydrogen) atoms. The van der Waals surface area contributed by atoms with Gasteiger partial charge < -0.3 is 15.2 Å². The first-order valence-corrected chi connectivity index (χ1v) is 10.1. The number of nitrogens with zero attached hydrogens (tertiary/aromatic N) is 1. The predicted molar refractivity (Wildman–Crippen MR) is 111 cm³/mol. The molecule has 2 aromatic rings. The number of likely N-dealkylation sites (tertiary alicyclic amines) is 1. The lowest BCUT2D eigenvalue weighted by Crippen LogP contribution is -2.45. The third-order valence-electron chi connectivity index (χ3n) is 4.81. The number of rotatable bonds is 8. The molecule has 3 rings (SSSR count). The molecule has 0 aromatic heterocycles. The normalized spacial score (nSPS) is 17.0. The zero-order valence-corrected chi connectivity index (χ0v) is 16.8. The van der Waals surface area contributed by atoms with Crippen molar-refractivity contribution in [2.75, 3.05) is 26.2 Å². The van der Waals surface area contributed by atoms with Gasteiger partial charge in [0.1, 0.15) is 18.5 Å². The van der Waals surface area contributed by atoms with Crippen LogP contribution in [0.15, 0.2) is 48.5 Å². The molecule has 0 unspecified atom stereocenters. The van der Waals surface area contributed by atoms with E-state index in [1.807, 2.05) is 12.1 Å². The Hall–Kier alpha value is -1.30. The van der Waals surface area contributed by atoms with Crippen molar-refractivity contribution in [3.63, 3.8) is 0 Å². The topological polar surface area (TPSA) is 44.7 Å². The second-order valence-corrected chi connectivity index (χ2v) is 7.88. The van der Waals surface area contributed by atoms with Crippen molar-refractivity contribution >= 4 is 23.2 Å². The number of halogens is 2. The summed E-state index contributed by atoms with van der Waals surface area (Å²) in [5, 5.41) is 15.0. The second-order valence-electron chi connectivity index (χ2n) is 7.00. The Labute approximate surface area is 171 Å². The smallest absolute Gasteiger partial charge is 0.119 e. The van der Waals surface area contributed by atoms with E-state index in [4.69, 9.17) is 27.9 Å². The molecule has 1 fully saturated rings. The molecule has 0 radical (unpaired) electrons. The zero-order valence-electron chi connectivity index (χ0n) is 15.3. The SMILES string of the molecule is O[C@H](CNC1CCN(Cc2ccc(Cl)cc2)CC1)COc1ccc(Cl)cc1. The molecule has 1 aliphatic rings. The van der Waals surface area contributed by atoms with Crippen LogP contribution in [-0.4, -0.2) is 48.4 Å². The summed E-state index contributed by atoms with van der Waals surface area (Å²) in [4.78, 5) is 2.46. The fourth-order valence-corrected chi connectivity index (χ4v) is 3.48. The number of aliphatic hydroxyl groups is 1. The first-order chi connectivity index (χ1) is 13.1. The summed E-state index contributed by atoms with van der Waals surface area (Å²) in [6, 6.07) is 15.7. The number of nitrogens with one attached hydrogen (secondary N) is 1. The van der Waals surface area contributed by atoms with Gasteiger partial charge in [-0.05, 0) is 67.9 Å². The van der Waals surface area contributed by atoms with Crippen LogP contribution < -0.4 is 10.1 Å². The number of piperidine rings is 1. The molecular weight excluding hydrogens is 383 g/mol. The van der Waals surface area contributed by atoms with Crippen LogP contribution in [0.5, 0.6) is 5.75 Å². The third kappa shape index (κ3) is 6.98. The summed E-state index contributed by atoms with van der Waals surface area (Å²) >= 11 is 11.8. The van der Waals surface area contributed by atoms with E-state index >= 15 is 0 Å². The van der Waals surface area contributed by atoms with Gasteiger partial charge in [-0.1, -0.05) is 35.3 Å². The summed E-state index contributed by atoms with van der Waals surface area (Å²) in [5.41, 5.74) is 1.29. The van der Waals surface area contributed by atoms with E-state index in [1.165, 1.54) is 5.56 Å². The Balaban J connectivity index is 1.31. The molecule has 0 amide bonds. The minimum absolute atomic E-state index is 0.268. The summed E-state index contributed by atoms with van der Waals surface area (Å²) in [6.07, 6.45) is 1.63. The highest BCUT2D eigenvalue weighted by atomic mass is 35.5. The highest BCUT2D eigenvalue weighted by Gasteiger charge is 2.19. The van der Waals surface area contributed by atoms with E-state index in [2.05, 4.69) is 22.3 Å². The molecule has 1 saturated heterocycles. The molecule has 0 spiro atoms. The van der Waals surface area contributed by atoms with Crippen LogP contribution in [0.2, 0.25) is 10.0 Å². The van der Waals surface area contributed by atoms with Crippen LogP contribution in [0.1, 0.15) is 18.4 Å². The first-order valence-electron chi connectivity index (χ1n) is 9.35.